The van der Waals surface area contributed by atoms with Crippen LogP contribution in [0.4, 0.5) is 13.2 Å². The number of hydrogen-bond acceptors (Lipinski definition) is 5. The van der Waals surface area contributed by atoms with Crippen molar-refractivity contribution in [2.75, 3.05) is 0 Å². The molecule has 0 amide bonds. The summed E-state index contributed by atoms with van der Waals surface area (Å²) in [6, 6.07) is 0. The molecule has 0 radical (unpaired) electrons. The van der Waals surface area contributed by atoms with Crippen molar-refractivity contribution >= 4 is 29.3 Å². The first-order valence-electron chi connectivity index (χ1n) is 7.88. The van der Waals surface area contributed by atoms with Crippen molar-refractivity contribution < 1.29 is 23.1 Å². The molecule has 0 unspecified atom stereocenters. The van der Waals surface area contributed by atoms with Crippen LogP contribution in [0.15, 0.2) is 16.1 Å². The fourth-order valence-corrected chi connectivity index (χ4v) is 3.44. The number of aromatic nitrogens is 4. The largest absolute Gasteiger partial charge is 0.490 e. The van der Waals surface area contributed by atoms with Crippen molar-refractivity contribution in [3.8, 4) is 0 Å². The van der Waals surface area contributed by atoms with E-state index >= 15 is 0 Å². The average molecular weight is 425 g/mol. The van der Waals surface area contributed by atoms with Crippen molar-refractivity contribution in [2.24, 2.45) is 0 Å². The van der Waals surface area contributed by atoms with E-state index in [1.54, 1.807) is 4.68 Å². The molecule has 27 heavy (non-hydrogen) atoms. The Bertz CT molecular complexity index is 882. The Morgan fingerprint density at radius 2 is 2.11 bits per heavy atom. The maximum absolute atomic E-state index is 11.9. The molecular formula is C15H16ClF3N4O3S. The molecule has 2 heterocycles. The summed E-state index contributed by atoms with van der Waals surface area (Å²) in [7, 11) is 0. The number of aromatic amines is 1. The van der Waals surface area contributed by atoms with Gasteiger partial charge in [-0.05, 0) is 26.2 Å². The molecule has 2 N–H and O–H groups in total. The molecule has 3 rings (SSSR count). The van der Waals surface area contributed by atoms with Gasteiger partial charge in [-0.3, -0.25) is 9.48 Å². The molecule has 0 saturated heterocycles. The third kappa shape index (κ3) is 5.73. The molecule has 0 spiro atoms. The number of nitrogens with one attached hydrogen (secondary N) is 1. The molecule has 148 valence electrons. The van der Waals surface area contributed by atoms with E-state index in [0.29, 0.717) is 15.9 Å². The highest BCUT2D eigenvalue weighted by atomic mass is 35.5. The number of nitrogens with zero attached hydrogens (tertiary/aromatic N) is 3. The third-order valence-electron chi connectivity index (χ3n) is 3.62. The summed E-state index contributed by atoms with van der Waals surface area (Å²) in [5, 5.41) is 12.8. The maximum Gasteiger partial charge on any atom is 0.490 e. The number of fused-ring (bicyclic) bond motifs is 1. The Morgan fingerprint density at radius 1 is 1.44 bits per heavy atom. The van der Waals surface area contributed by atoms with Gasteiger partial charge < -0.3 is 10.1 Å². The van der Waals surface area contributed by atoms with Crippen LogP contribution in [0.2, 0.25) is 5.02 Å². The van der Waals surface area contributed by atoms with Crippen LogP contribution in [-0.4, -0.2) is 37.0 Å². The van der Waals surface area contributed by atoms with Gasteiger partial charge in [0.25, 0.3) is 5.56 Å². The molecule has 0 saturated carbocycles. The van der Waals surface area contributed by atoms with Crippen LogP contribution in [-0.2, 0) is 29.9 Å². The van der Waals surface area contributed by atoms with Crippen molar-refractivity contribution in [3.05, 3.63) is 38.5 Å². The molecule has 0 bridgehead atoms. The van der Waals surface area contributed by atoms with Gasteiger partial charge in [0.05, 0.1) is 16.4 Å². The van der Waals surface area contributed by atoms with E-state index in [4.69, 9.17) is 21.5 Å². The van der Waals surface area contributed by atoms with Crippen molar-refractivity contribution in [1.29, 1.82) is 0 Å². The summed E-state index contributed by atoms with van der Waals surface area (Å²) in [6.07, 6.45) is -0.504. The monoisotopic (exact) mass is 424 g/mol. The molecule has 2 aromatic heterocycles. The second-order valence-electron chi connectivity index (χ2n) is 5.52. The molecule has 12 heteroatoms. The quantitative estimate of drug-likeness (QED) is 0.578. The van der Waals surface area contributed by atoms with Gasteiger partial charge in [0.2, 0.25) is 0 Å². The molecule has 0 aromatic carbocycles. The van der Waals surface area contributed by atoms with Crippen LogP contribution in [0, 0.1) is 0 Å². The molecule has 1 aliphatic rings. The highest BCUT2D eigenvalue weighted by Gasteiger charge is 2.38. The number of aliphatic carboxylic acids is 1. The summed E-state index contributed by atoms with van der Waals surface area (Å²) in [5.41, 5.74) is 2.62. The summed E-state index contributed by atoms with van der Waals surface area (Å²) in [6.45, 7) is 2.80. The van der Waals surface area contributed by atoms with Gasteiger partial charge in [0.15, 0.2) is 5.16 Å². The smallest absolute Gasteiger partial charge is 0.475 e. The van der Waals surface area contributed by atoms with Crippen LogP contribution in [0.5, 0.6) is 0 Å². The fourth-order valence-electron chi connectivity index (χ4n) is 2.32. The predicted molar refractivity (Wildman–Crippen MR) is 93.0 cm³/mol. The minimum absolute atomic E-state index is 0.000171. The highest BCUT2D eigenvalue weighted by molar-refractivity contribution is 7.98. The first-order chi connectivity index (χ1) is 12.6. The number of aryl methyl sites for hydroxylation is 2. The van der Waals surface area contributed by atoms with Gasteiger partial charge in [0.1, 0.15) is 0 Å². The van der Waals surface area contributed by atoms with Gasteiger partial charge in [0, 0.05) is 24.1 Å². The minimum atomic E-state index is -5.08. The molecule has 7 nitrogen and oxygen atoms in total. The second kappa shape index (κ2) is 8.79. The van der Waals surface area contributed by atoms with Crippen molar-refractivity contribution in [1.82, 2.24) is 19.7 Å². The molecule has 1 aliphatic carbocycles. The summed E-state index contributed by atoms with van der Waals surface area (Å²) >= 11 is 7.59. The number of alkyl halides is 3. The number of thioether (sulfide) groups is 1. The lowest BCUT2D eigenvalue weighted by molar-refractivity contribution is -0.192. The molecule has 0 fully saturated rings. The van der Waals surface area contributed by atoms with Gasteiger partial charge in [-0.25, -0.2) is 9.78 Å². The van der Waals surface area contributed by atoms with E-state index in [1.807, 2.05) is 13.1 Å². The van der Waals surface area contributed by atoms with Crippen LogP contribution in [0.3, 0.4) is 0 Å². The first-order valence-corrected chi connectivity index (χ1v) is 9.25. The normalized spacial score (nSPS) is 13.1. The second-order valence-corrected chi connectivity index (χ2v) is 6.89. The first kappa shape index (κ1) is 21.3. The van der Waals surface area contributed by atoms with E-state index in [0.717, 1.165) is 42.8 Å². The van der Waals surface area contributed by atoms with Crippen molar-refractivity contribution in [2.45, 2.75) is 49.8 Å². The van der Waals surface area contributed by atoms with Crippen LogP contribution in [0.25, 0.3) is 0 Å². The summed E-state index contributed by atoms with van der Waals surface area (Å²) < 4.78 is 33.5. The minimum Gasteiger partial charge on any atom is -0.475 e. The molecule has 0 atom stereocenters. The number of carbonyl (C=O) groups is 1. The Labute approximate surface area is 160 Å². The molecular weight excluding hydrogens is 409 g/mol. The molecule has 0 aliphatic heterocycles. The number of halogens is 4. The third-order valence-corrected chi connectivity index (χ3v) is 4.82. The Kier molecular flexibility index (Phi) is 6.93. The lowest BCUT2D eigenvalue weighted by Crippen LogP contribution is -2.21. The standard InChI is InChI=1S/C13H15ClN4OS.C2HF3O2/c1-2-18-6-9(14)11(17-18)7-20-13-15-10-5-3-4-8(10)12(19)16-13;3-2(4,5)1(6)7/h6H,2-5,7H2,1H3,(H,15,16,19);(H,6,7). The van der Waals surface area contributed by atoms with E-state index in [2.05, 4.69) is 15.1 Å². The topological polar surface area (TPSA) is 101 Å². The van der Waals surface area contributed by atoms with Crippen LogP contribution >= 0.6 is 23.4 Å². The van der Waals surface area contributed by atoms with Gasteiger partial charge >= 0.3 is 12.1 Å². The van der Waals surface area contributed by atoms with E-state index in [-0.39, 0.29) is 5.56 Å². The van der Waals surface area contributed by atoms with Gasteiger partial charge in [-0.2, -0.15) is 18.3 Å². The van der Waals surface area contributed by atoms with E-state index < -0.39 is 12.1 Å². The number of carboxylic acids is 1. The lowest BCUT2D eigenvalue weighted by Gasteiger charge is -2.02. The zero-order valence-electron chi connectivity index (χ0n) is 14.1. The average Bonchev–Trinajstić information content (AvgIpc) is 3.19. The lowest BCUT2D eigenvalue weighted by atomic mass is 10.3. The predicted octanol–water partition coefficient (Wildman–Crippen LogP) is 3.05. The van der Waals surface area contributed by atoms with Gasteiger partial charge in [-0.1, -0.05) is 23.4 Å². The van der Waals surface area contributed by atoms with Crippen molar-refractivity contribution in [3.63, 3.8) is 0 Å². The molecule has 2 aromatic rings. The van der Waals surface area contributed by atoms with Crippen LogP contribution in [0.1, 0.15) is 30.3 Å². The van der Waals surface area contributed by atoms with Crippen LogP contribution < -0.4 is 5.56 Å². The summed E-state index contributed by atoms with van der Waals surface area (Å²) in [4.78, 5) is 28.2. The SMILES string of the molecule is CCn1cc(Cl)c(CSc2nc3c(c(=O)[nH]2)CCC3)n1.O=C(O)C(F)(F)F. The van der Waals surface area contributed by atoms with E-state index in [1.165, 1.54) is 11.8 Å². The Morgan fingerprint density at radius 3 is 2.67 bits per heavy atom. The highest BCUT2D eigenvalue weighted by Crippen LogP contribution is 2.25. The number of carboxylic acid groups (broad SMARTS) is 1. The zero-order valence-corrected chi connectivity index (χ0v) is 15.7. The Balaban J connectivity index is 0.000000321. The fraction of sp³-hybridized carbons (Fsp3) is 0.467. The Hall–Kier alpha value is -2.01. The number of rotatable bonds is 4. The zero-order chi connectivity index (χ0) is 20.2. The number of hydrogen-bond donors (Lipinski definition) is 2. The van der Waals surface area contributed by atoms with Gasteiger partial charge in [-0.15, -0.1) is 0 Å². The van der Waals surface area contributed by atoms with E-state index in [9.17, 15) is 18.0 Å². The maximum atomic E-state index is 11.9. The summed E-state index contributed by atoms with van der Waals surface area (Å²) in [5.74, 6) is -2.15. The number of H-pyrrole nitrogens is 1.